The number of aromatic nitrogens is 2. The van der Waals surface area contributed by atoms with Gasteiger partial charge in [-0.3, -0.25) is 14.8 Å². The van der Waals surface area contributed by atoms with Crippen LogP contribution in [0.4, 0.5) is 0 Å². The number of rotatable bonds is 4. The Labute approximate surface area is 155 Å². The Balaban J connectivity index is 1.58. The summed E-state index contributed by atoms with van der Waals surface area (Å²) >= 11 is 0. The van der Waals surface area contributed by atoms with Crippen molar-refractivity contribution >= 4 is 5.91 Å². The molecular formula is C21H28N4O. The summed E-state index contributed by atoms with van der Waals surface area (Å²) in [5.74, 6) is 0.163. The van der Waals surface area contributed by atoms with Gasteiger partial charge in [0.2, 0.25) is 5.91 Å². The third kappa shape index (κ3) is 2.94. The molecule has 0 atom stereocenters. The van der Waals surface area contributed by atoms with E-state index in [2.05, 4.69) is 44.7 Å². The number of likely N-dealkylation sites (tertiary alicyclic amines) is 1. The Morgan fingerprint density at radius 3 is 2.38 bits per heavy atom. The molecule has 0 unspecified atom stereocenters. The van der Waals surface area contributed by atoms with Gasteiger partial charge in [-0.05, 0) is 50.9 Å². The number of nitrogens with one attached hydrogen (secondary N) is 2. The average molecular weight is 352 g/mol. The first kappa shape index (κ1) is 17.3. The van der Waals surface area contributed by atoms with E-state index >= 15 is 0 Å². The summed E-state index contributed by atoms with van der Waals surface area (Å²) in [6.07, 6.45) is 5.28. The summed E-state index contributed by atoms with van der Waals surface area (Å²) in [7, 11) is 0. The lowest BCUT2D eigenvalue weighted by Crippen LogP contribution is -2.60. The molecule has 138 valence electrons. The molecule has 5 nitrogen and oxygen atoms in total. The van der Waals surface area contributed by atoms with Crippen molar-refractivity contribution in [1.82, 2.24) is 20.4 Å². The Hall–Kier alpha value is -2.14. The van der Waals surface area contributed by atoms with Crippen LogP contribution in [0.3, 0.4) is 0 Å². The lowest BCUT2D eigenvalue weighted by Gasteiger charge is -2.42. The van der Waals surface area contributed by atoms with Gasteiger partial charge in [-0.2, -0.15) is 5.10 Å². The van der Waals surface area contributed by atoms with Crippen molar-refractivity contribution < 1.29 is 4.79 Å². The van der Waals surface area contributed by atoms with Crippen LogP contribution in [0.25, 0.3) is 0 Å². The smallest absolute Gasteiger partial charge is 0.241 e. The maximum Gasteiger partial charge on any atom is 0.241 e. The van der Waals surface area contributed by atoms with Gasteiger partial charge in [-0.15, -0.1) is 0 Å². The summed E-state index contributed by atoms with van der Waals surface area (Å²) in [5, 5.41) is 10.5. The van der Waals surface area contributed by atoms with Crippen molar-refractivity contribution in [3.8, 4) is 0 Å². The predicted molar refractivity (Wildman–Crippen MR) is 102 cm³/mol. The van der Waals surface area contributed by atoms with Crippen molar-refractivity contribution in [3.63, 3.8) is 0 Å². The highest BCUT2D eigenvalue weighted by Gasteiger charge is 2.48. The Bertz CT molecular complexity index is 760. The predicted octanol–water partition coefficient (Wildman–Crippen LogP) is 2.67. The highest BCUT2D eigenvalue weighted by atomic mass is 16.2. The Morgan fingerprint density at radius 2 is 1.81 bits per heavy atom. The number of carbonyl (C=O) groups excluding carboxylic acids is 1. The first-order valence-corrected chi connectivity index (χ1v) is 9.71. The number of amides is 1. The molecule has 1 saturated heterocycles. The van der Waals surface area contributed by atoms with E-state index in [1.165, 1.54) is 30.4 Å². The largest absolute Gasteiger partial charge is 0.350 e. The fourth-order valence-corrected chi connectivity index (χ4v) is 4.61. The van der Waals surface area contributed by atoms with Gasteiger partial charge >= 0.3 is 0 Å². The quantitative estimate of drug-likeness (QED) is 0.889. The van der Waals surface area contributed by atoms with Crippen LogP contribution in [0.1, 0.15) is 47.3 Å². The fourth-order valence-electron chi connectivity index (χ4n) is 4.61. The minimum atomic E-state index is -0.435. The van der Waals surface area contributed by atoms with E-state index in [4.69, 9.17) is 0 Å². The number of piperidine rings is 1. The van der Waals surface area contributed by atoms with Crippen LogP contribution in [0, 0.1) is 13.8 Å². The standard InChI is InChI=1S/C21H28N4O/c1-15-19(16(2)24-23-15)14-22-20(26)21(25-10-6-3-7-11-25)12-17-8-4-5-9-18(17)13-21/h4-5,8-9H,3,6-7,10-14H2,1-2H3,(H,22,26)(H,23,24). The van der Waals surface area contributed by atoms with Crippen LogP contribution < -0.4 is 5.32 Å². The van der Waals surface area contributed by atoms with Crippen molar-refractivity contribution in [1.29, 1.82) is 0 Å². The molecule has 2 aromatic rings. The van der Waals surface area contributed by atoms with Crippen LogP contribution in [0.5, 0.6) is 0 Å². The third-order valence-electron chi connectivity index (χ3n) is 6.17. The summed E-state index contributed by atoms with van der Waals surface area (Å²) < 4.78 is 0. The molecule has 0 saturated carbocycles. The molecule has 1 aliphatic carbocycles. The van der Waals surface area contributed by atoms with Gasteiger partial charge < -0.3 is 5.32 Å². The molecule has 1 aliphatic heterocycles. The number of hydrogen-bond acceptors (Lipinski definition) is 3. The lowest BCUT2D eigenvalue weighted by atomic mass is 9.89. The first-order chi connectivity index (χ1) is 12.6. The monoisotopic (exact) mass is 352 g/mol. The van der Waals surface area contributed by atoms with Crippen LogP contribution in [0.15, 0.2) is 24.3 Å². The van der Waals surface area contributed by atoms with Crippen LogP contribution >= 0.6 is 0 Å². The molecule has 1 aromatic carbocycles. The zero-order valence-electron chi connectivity index (χ0n) is 15.8. The molecular weight excluding hydrogens is 324 g/mol. The van der Waals surface area contributed by atoms with Crippen molar-refractivity contribution in [2.45, 2.75) is 58.0 Å². The number of benzene rings is 1. The normalized spacial score (nSPS) is 19.3. The molecule has 1 fully saturated rings. The summed E-state index contributed by atoms with van der Waals surface area (Å²) in [6, 6.07) is 8.53. The maximum absolute atomic E-state index is 13.5. The van der Waals surface area contributed by atoms with Gasteiger partial charge in [0.25, 0.3) is 0 Å². The second-order valence-corrected chi connectivity index (χ2v) is 7.80. The van der Waals surface area contributed by atoms with E-state index in [9.17, 15) is 4.79 Å². The van der Waals surface area contributed by atoms with Gasteiger partial charge in [-0.25, -0.2) is 0 Å². The minimum absolute atomic E-state index is 0.163. The van der Waals surface area contributed by atoms with E-state index in [-0.39, 0.29) is 5.91 Å². The zero-order chi connectivity index (χ0) is 18.1. The molecule has 0 bridgehead atoms. The fraction of sp³-hybridized carbons (Fsp3) is 0.524. The highest BCUT2D eigenvalue weighted by Crippen LogP contribution is 2.36. The Morgan fingerprint density at radius 1 is 1.15 bits per heavy atom. The number of aryl methyl sites for hydroxylation is 2. The van der Waals surface area contributed by atoms with E-state index in [0.717, 1.165) is 42.9 Å². The summed E-state index contributed by atoms with van der Waals surface area (Å²) in [6.45, 7) is 6.57. The molecule has 2 heterocycles. The second kappa shape index (κ2) is 6.88. The number of fused-ring (bicyclic) bond motifs is 1. The first-order valence-electron chi connectivity index (χ1n) is 9.71. The molecule has 2 aliphatic rings. The highest BCUT2D eigenvalue weighted by molar-refractivity contribution is 5.88. The number of aromatic amines is 1. The number of hydrogen-bond donors (Lipinski definition) is 2. The lowest BCUT2D eigenvalue weighted by molar-refractivity contribution is -0.134. The molecule has 0 radical (unpaired) electrons. The van der Waals surface area contributed by atoms with Gasteiger partial charge in [-0.1, -0.05) is 30.7 Å². The molecule has 1 amide bonds. The SMILES string of the molecule is Cc1n[nH]c(C)c1CNC(=O)C1(N2CCCCC2)Cc2ccccc2C1. The summed E-state index contributed by atoms with van der Waals surface area (Å²) in [5.41, 5.74) is 5.31. The molecule has 4 rings (SSSR count). The molecule has 26 heavy (non-hydrogen) atoms. The van der Waals surface area contributed by atoms with Crippen molar-refractivity contribution in [3.05, 3.63) is 52.3 Å². The van der Waals surface area contributed by atoms with Gasteiger partial charge in [0.15, 0.2) is 0 Å². The molecule has 1 aromatic heterocycles. The molecule has 2 N–H and O–H groups in total. The third-order valence-corrected chi connectivity index (χ3v) is 6.17. The van der Waals surface area contributed by atoms with E-state index in [1.807, 2.05) is 13.8 Å². The Kier molecular flexibility index (Phi) is 4.57. The van der Waals surface area contributed by atoms with Gasteiger partial charge in [0, 0.05) is 30.6 Å². The second-order valence-electron chi connectivity index (χ2n) is 7.80. The maximum atomic E-state index is 13.5. The van der Waals surface area contributed by atoms with Crippen LogP contribution in [-0.4, -0.2) is 39.6 Å². The van der Waals surface area contributed by atoms with Crippen molar-refractivity contribution in [2.24, 2.45) is 0 Å². The van der Waals surface area contributed by atoms with Gasteiger partial charge in [0.05, 0.1) is 5.69 Å². The number of nitrogens with zero attached hydrogens (tertiary/aromatic N) is 2. The average Bonchev–Trinajstić information content (AvgIpc) is 3.22. The van der Waals surface area contributed by atoms with E-state index in [0.29, 0.717) is 6.54 Å². The van der Waals surface area contributed by atoms with Crippen LogP contribution in [-0.2, 0) is 24.2 Å². The summed E-state index contributed by atoms with van der Waals surface area (Å²) in [4.78, 5) is 15.9. The minimum Gasteiger partial charge on any atom is -0.350 e. The van der Waals surface area contributed by atoms with E-state index < -0.39 is 5.54 Å². The van der Waals surface area contributed by atoms with Gasteiger partial charge in [0.1, 0.15) is 5.54 Å². The molecule has 5 heteroatoms. The van der Waals surface area contributed by atoms with E-state index in [1.54, 1.807) is 0 Å². The topological polar surface area (TPSA) is 61.0 Å². The zero-order valence-corrected chi connectivity index (χ0v) is 15.8. The number of carbonyl (C=O) groups is 1. The van der Waals surface area contributed by atoms with Crippen molar-refractivity contribution in [2.75, 3.05) is 13.1 Å². The van der Waals surface area contributed by atoms with Crippen LogP contribution in [0.2, 0.25) is 0 Å². The molecule has 0 spiro atoms. The number of H-pyrrole nitrogens is 1.